The third-order valence-corrected chi connectivity index (χ3v) is 3.38. The molecule has 0 saturated carbocycles. The molecule has 1 aliphatic heterocycles. The van der Waals surface area contributed by atoms with E-state index < -0.39 is 11.7 Å². The number of rotatable bonds is 5. The molecule has 0 aliphatic carbocycles. The number of likely N-dealkylation sites (tertiary alicyclic amines) is 1. The van der Waals surface area contributed by atoms with Crippen LogP contribution in [0.15, 0.2) is 12.3 Å². The Balaban J connectivity index is 1.97. The van der Waals surface area contributed by atoms with Crippen LogP contribution in [0.1, 0.15) is 30.1 Å². The molecule has 1 saturated heterocycles. The van der Waals surface area contributed by atoms with Gasteiger partial charge in [-0.05, 0) is 38.9 Å². The largest absolute Gasteiger partial charge is 0.348 e. The van der Waals surface area contributed by atoms with Crippen molar-refractivity contribution < 1.29 is 9.18 Å². The molecule has 20 heavy (non-hydrogen) atoms. The summed E-state index contributed by atoms with van der Waals surface area (Å²) in [5.74, 6) is 3.82. The summed E-state index contributed by atoms with van der Waals surface area (Å²) < 4.78 is 13.9. The molecular weight excluding hydrogens is 261 g/mol. The van der Waals surface area contributed by atoms with Gasteiger partial charge >= 0.3 is 0 Å². The summed E-state index contributed by atoms with van der Waals surface area (Å²) in [7, 11) is 0. The van der Waals surface area contributed by atoms with Gasteiger partial charge in [0.15, 0.2) is 11.6 Å². The van der Waals surface area contributed by atoms with Crippen molar-refractivity contribution in [2.45, 2.75) is 25.8 Å². The molecular formula is C13H20FN5O. The normalized spacial score (nSPS) is 16.9. The molecule has 2 heterocycles. The minimum absolute atomic E-state index is 0.0394. The number of carbonyl (C=O) groups is 1. The van der Waals surface area contributed by atoms with Gasteiger partial charge in [-0.15, -0.1) is 0 Å². The number of aromatic nitrogens is 1. The zero-order valence-corrected chi connectivity index (χ0v) is 11.5. The van der Waals surface area contributed by atoms with Gasteiger partial charge in [-0.2, -0.15) is 0 Å². The van der Waals surface area contributed by atoms with E-state index in [1.807, 2.05) is 6.92 Å². The average Bonchev–Trinajstić information content (AvgIpc) is 2.91. The van der Waals surface area contributed by atoms with Crippen molar-refractivity contribution in [3.63, 3.8) is 0 Å². The fraction of sp³-hybridized carbons (Fsp3) is 0.538. The fourth-order valence-corrected chi connectivity index (χ4v) is 2.42. The zero-order chi connectivity index (χ0) is 14.5. The van der Waals surface area contributed by atoms with E-state index in [1.165, 1.54) is 25.1 Å². The van der Waals surface area contributed by atoms with Gasteiger partial charge in [0, 0.05) is 18.8 Å². The number of halogens is 1. The Kier molecular flexibility index (Phi) is 4.86. The Morgan fingerprint density at radius 3 is 2.90 bits per heavy atom. The minimum atomic E-state index is -0.735. The number of anilines is 1. The lowest BCUT2D eigenvalue weighted by molar-refractivity contribution is 0.0928. The van der Waals surface area contributed by atoms with Gasteiger partial charge in [-0.1, -0.05) is 0 Å². The number of hydrogen-bond donors (Lipinski definition) is 3. The maximum atomic E-state index is 13.9. The Hall–Kier alpha value is -1.73. The van der Waals surface area contributed by atoms with E-state index in [0.29, 0.717) is 0 Å². The van der Waals surface area contributed by atoms with Crippen LogP contribution in [0.25, 0.3) is 0 Å². The third-order valence-electron chi connectivity index (χ3n) is 3.38. The molecule has 0 bridgehead atoms. The summed E-state index contributed by atoms with van der Waals surface area (Å²) in [6.45, 7) is 4.81. The molecule has 1 amide bonds. The summed E-state index contributed by atoms with van der Waals surface area (Å²) >= 11 is 0. The van der Waals surface area contributed by atoms with Crippen molar-refractivity contribution in [1.29, 1.82) is 0 Å². The highest BCUT2D eigenvalue weighted by Crippen LogP contribution is 2.14. The van der Waals surface area contributed by atoms with Gasteiger partial charge < -0.3 is 15.6 Å². The lowest BCUT2D eigenvalue weighted by Gasteiger charge is -2.21. The van der Waals surface area contributed by atoms with Gasteiger partial charge in [0.2, 0.25) is 0 Å². The number of carbonyl (C=O) groups excluding carboxylic acids is 1. The minimum Gasteiger partial charge on any atom is -0.348 e. The van der Waals surface area contributed by atoms with Crippen LogP contribution in [0.4, 0.5) is 10.2 Å². The molecule has 1 aromatic heterocycles. The average molecular weight is 281 g/mol. The maximum absolute atomic E-state index is 13.9. The van der Waals surface area contributed by atoms with Crippen LogP contribution in [0.3, 0.4) is 0 Å². The third kappa shape index (κ3) is 3.43. The maximum Gasteiger partial charge on any atom is 0.254 e. The molecule has 1 atom stereocenters. The Morgan fingerprint density at radius 2 is 2.25 bits per heavy atom. The SMILES string of the molecule is CC(CN1CCCC1)NC(=O)c1ccnc(NN)c1F. The second-order valence-electron chi connectivity index (χ2n) is 5.05. The predicted octanol–water partition coefficient (Wildman–Crippen LogP) is 0.720. The van der Waals surface area contributed by atoms with Crippen LogP contribution < -0.4 is 16.6 Å². The summed E-state index contributed by atoms with van der Waals surface area (Å²) in [6, 6.07) is 1.30. The first-order valence-corrected chi connectivity index (χ1v) is 6.76. The molecule has 6 nitrogen and oxygen atoms in total. The van der Waals surface area contributed by atoms with Crippen LogP contribution in [-0.2, 0) is 0 Å². The molecule has 0 radical (unpaired) electrons. The van der Waals surface area contributed by atoms with Crippen molar-refractivity contribution >= 4 is 11.7 Å². The summed E-state index contributed by atoms with van der Waals surface area (Å²) in [5, 5.41) is 2.80. The molecule has 2 rings (SSSR count). The van der Waals surface area contributed by atoms with E-state index in [-0.39, 0.29) is 17.4 Å². The number of hydrogen-bond acceptors (Lipinski definition) is 5. The monoisotopic (exact) mass is 281 g/mol. The molecule has 1 unspecified atom stereocenters. The number of nitrogens with one attached hydrogen (secondary N) is 2. The highest BCUT2D eigenvalue weighted by atomic mass is 19.1. The molecule has 1 fully saturated rings. The van der Waals surface area contributed by atoms with Crippen LogP contribution in [0.2, 0.25) is 0 Å². The Bertz CT molecular complexity index is 476. The van der Waals surface area contributed by atoms with Crippen LogP contribution in [-0.4, -0.2) is 41.5 Å². The van der Waals surface area contributed by atoms with Crippen LogP contribution >= 0.6 is 0 Å². The predicted molar refractivity (Wildman–Crippen MR) is 74.6 cm³/mol. The first kappa shape index (κ1) is 14.7. The lowest BCUT2D eigenvalue weighted by atomic mass is 10.2. The highest BCUT2D eigenvalue weighted by Gasteiger charge is 2.19. The zero-order valence-electron chi connectivity index (χ0n) is 11.5. The van der Waals surface area contributed by atoms with Gasteiger partial charge in [-0.3, -0.25) is 4.79 Å². The lowest BCUT2D eigenvalue weighted by Crippen LogP contribution is -2.41. The number of pyridine rings is 1. The standard InChI is InChI=1S/C13H20FN5O/c1-9(8-19-6-2-3-7-19)17-13(20)10-4-5-16-12(18-15)11(10)14/h4-5,9H,2-3,6-8,15H2,1H3,(H,16,18)(H,17,20). The van der Waals surface area contributed by atoms with Gasteiger partial charge in [0.25, 0.3) is 5.91 Å². The molecule has 7 heteroatoms. The molecule has 0 spiro atoms. The molecule has 1 aliphatic rings. The quantitative estimate of drug-likeness (QED) is 0.547. The Morgan fingerprint density at radius 1 is 1.55 bits per heavy atom. The van der Waals surface area contributed by atoms with Crippen molar-refractivity contribution in [3.8, 4) is 0 Å². The first-order valence-electron chi connectivity index (χ1n) is 6.76. The highest BCUT2D eigenvalue weighted by molar-refractivity contribution is 5.95. The van der Waals surface area contributed by atoms with Crippen molar-refractivity contribution in [1.82, 2.24) is 15.2 Å². The van der Waals surface area contributed by atoms with E-state index in [2.05, 4.69) is 20.6 Å². The Labute approximate surface area is 117 Å². The van der Waals surface area contributed by atoms with Gasteiger partial charge in [0.05, 0.1) is 5.56 Å². The van der Waals surface area contributed by atoms with Gasteiger partial charge in [-0.25, -0.2) is 15.2 Å². The number of nitrogen functional groups attached to an aromatic ring is 1. The van der Waals surface area contributed by atoms with E-state index in [4.69, 9.17) is 5.84 Å². The van der Waals surface area contributed by atoms with Gasteiger partial charge in [0.1, 0.15) is 0 Å². The number of nitrogens with zero attached hydrogens (tertiary/aromatic N) is 2. The van der Waals surface area contributed by atoms with E-state index in [1.54, 1.807) is 0 Å². The van der Waals surface area contributed by atoms with E-state index >= 15 is 0 Å². The van der Waals surface area contributed by atoms with Crippen molar-refractivity contribution in [3.05, 3.63) is 23.6 Å². The van der Waals surface area contributed by atoms with Crippen molar-refractivity contribution in [2.75, 3.05) is 25.1 Å². The topological polar surface area (TPSA) is 83.3 Å². The fourth-order valence-electron chi connectivity index (χ4n) is 2.42. The molecule has 110 valence electrons. The second-order valence-corrected chi connectivity index (χ2v) is 5.05. The number of nitrogens with two attached hydrogens (primary N) is 1. The molecule has 0 aromatic carbocycles. The molecule has 4 N–H and O–H groups in total. The smallest absolute Gasteiger partial charge is 0.254 e. The van der Waals surface area contributed by atoms with E-state index in [9.17, 15) is 9.18 Å². The van der Waals surface area contributed by atoms with Crippen LogP contribution in [0, 0.1) is 5.82 Å². The van der Waals surface area contributed by atoms with E-state index in [0.717, 1.165) is 19.6 Å². The number of amides is 1. The van der Waals surface area contributed by atoms with Crippen molar-refractivity contribution in [2.24, 2.45) is 5.84 Å². The summed E-state index contributed by atoms with van der Waals surface area (Å²) in [5.41, 5.74) is 2.07. The summed E-state index contributed by atoms with van der Waals surface area (Å²) in [6.07, 6.45) is 3.74. The number of hydrazine groups is 1. The second kappa shape index (κ2) is 6.62. The first-order chi connectivity index (χ1) is 9.61. The van der Waals surface area contributed by atoms with Crippen LogP contribution in [0.5, 0.6) is 0 Å². The molecule has 1 aromatic rings. The summed E-state index contributed by atoms with van der Waals surface area (Å²) in [4.78, 5) is 18.0.